The van der Waals surface area contributed by atoms with Crippen LogP contribution < -0.4 is 4.74 Å². The maximum atomic E-state index is 5.70. The molecule has 0 aliphatic carbocycles. The molecule has 0 radical (unpaired) electrons. The van der Waals surface area contributed by atoms with Crippen molar-refractivity contribution in [2.24, 2.45) is 0 Å². The molecule has 0 saturated carbocycles. The molecule has 0 unspecified atom stereocenters. The molecule has 0 bridgehead atoms. The summed E-state index contributed by atoms with van der Waals surface area (Å²) in [4.78, 5) is 6.50. The zero-order chi connectivity index (χ0) is 13.5. The largest absolute Gasteiger partial charge is 0.492 e. The summed E-state index contributed by atoms with van der Waals surface area (Å²) in [5.74, 6) is 0.889. The van der Waals surface area contributed by atoms with Crippen molar-refractivity contribution < 1.29 is 4.74 Å². The van der Waals surface area contributed by atoms with Gasteiger partial charge in [0, 0.05) is 23.8 Å². The minimum absolute atomic E-state index is 0.666. The average molecular weight is 321 g/mol. The molecule has 3 nitrogen and oxygen atoms in total. The summed E-state index contributed by atoms with van der Waals surface area (Å²) in [6.45, 7) is 2.37. The number of nitrogens with zero attached hydrogens (tertiary/aromatic N) is 2. The van der Waals surface area contributed by atoms with Crippen molar-refractivity contribution in [2.75, 3.05) is 20.2 Å². The standard InChI is InChI=1S/C15H17BrN2O/c1-18(12-14-6-2-3-8-17-14)9-10-19-15-7-4-5-13(16)11-15/h2-8,11H,9-10,12H2,1H3. The summed E-state index contributed by atoms with van der Waals surface area (Å²) in [6.07, 6.45) is 1.82. The summed E-state index contributed by atoms with van der Waals surface area (Å²) in [5, 5.41) is 0. The molecule has 19 heavy (non-hydrogen) atoms. The highest BCUT2D eigenvalue weighted by Gasteiger charge is 2.01. The minimum Gasteiger partial charge on any atom is -0.492 e. The van der Waals surface area contributed by atoms with E-state index >= 15 is 0 Å². The van der Waals surface area contributed by atoms with E-state index < -0.39 is 0 Å². The van der Waals surface area contributed by atoms with E-state index in [9.17, 15) is 0 Å². The van der Waals surface area contributed by atoms with Crippen molar-refractivity contribution in [3.05, 3.63) is 58.8 Å². The van der Waals surface area contributed by atoms with Crippen molar-refractivity contribution in [3.8, 4) is 5.75 Å². The number of ether oxygens (including phenoxy) is 1. The number of aromatic nitrogens is 1. The van der Waals surface area contributed by atoms with Crippen molar-refractivity contribution in [1.29, 1.82) is 0 Å². The van der Waals surface area contributed by atoms with Crippen molar-refractivity contribution in [3.63, 3.8) is 0 Å². The second kappa shape index (κ2) is 7.26. The molecule has 0 saturated heterocycles. The van der Waals surface area contributed by atoms with Gasteiger partial charge in [-0.15, -0.1) is 0 Å². The smallest absolute Gasteiger partial charge is 0.120 e. The third-order valence-electron chi connectivity index (χ3n) is 2.70. The van der Waals surface area contributed by atoms with Gasteiger partial charge in [-0.05, 0) is 37.4 Å². The number of rotatable bonds is 6. The highest BCUT2D eigenvalue weighted by molar-refractivity contribution is 9.10. The molecule has 100 valence electrons. The molecule has 1 aromatic carbocycles. The van der Waals surface area contributed by atoms with Crippen LogP contribution in [-0.2, 0) is 6.54 Å². The maximum Gasteiger partial charge on any atom is 0.120 e. The Morgan fingerprint density at radius 3 is 2.84 bits per heavy atom. The molecule has 0 atom stereocenters. The molecule has 4 heteroatoms. The molecule has 0 aliphatic rings. The Kier molecular flexibility index (Phi) is 5.36. The average Bonchev–Trinajstić information content (AvgIpc) is 2.40. The summed E-state index contributed by atoms with van der Waals surface area (Å²) >= 11 is 3.43. The first-order valence-electron chi connectivity index (χ1n) is 6.21. The third kappa shape index (κ3) is 5.01. The lowest BCUT2D eigenvalue weighted by Crippen LogP contribution is -2.24. The number of hydrogen-bond acceptors (Lipinski definition) is 3. The van der Waals surface area contributed by atoms with Crippen molar-refractivity contribution >= 4 is 15.9 Å². The van der Waals surface area contributed by atoms with Gasteiger partial charge in [-0.2, -0.15) is 0 Å². The Hall–Kier alpha value is -1.39. The molecular weight excluding hydrogens is 304 g/mol. The highest BCUT2D eigenvalue weighted by Crippen LogP contribution is 2.17. The predicted octanol–water partition coefficient (Wildman–Crippen LogP) is 3.35. The second-order valence-corrected chi connectivity index (χ2v) is 5.28. The SMILES string of the molecule is CN(CCOc1cccc(Br)c1)Cc1ccccn1. The minimum atomic E-state index is 0.666. The van der Waals surface area contributed by atoms with E-state index in [1.807, 2.05) is 48.7 Å². The van der Waals surface area contributed by atoms with Crippen LogP contribution in [0.1, 0.15) is 5.69 Å². The van der Waals surface area contributed by atoms with E-state index in [2.05, 4.69) is 32.9 Å². The Bertz CT molecular complexity index is 505. The van der Waals surface area contributed by atoms with Crippen molar-refractivity contribution in [1.82, 2.24) is 9.88 Å². The van der Waals surface area contributed by atoms with Gasteiger partial charge in [-0.25, -0.2) is 0 Å². The summed E-state index contributed by atoms with van der Waals surface area (Å²) in [6, 6.07) is 13.9. The van der Waals surface area contributed by atoms with Crippen LogP contribution in [0.25, 0.3) is 0 Å². The van der Waals surface area contributed by atoms with Gasteiger partial charge in [0.05, 0.1) is 5.69 Å². The number of benzene rings is 1. The molecule has 0 amide bonds. The Balaban J connectivity index is 1.73. The van der Waals surface area contributed by atoms with Gasteiger partial charge in [-0.1, -0.05) is 28.1 Å². The van der Waals surface area contributed by atoms with Gasteiger partial charge < -0.3 is 4.74 Å². The summed E-state index contributed by atoms with van der Waals surface area (Å²) in [7, 11) is 2.07. The molecule has 2 aromatic rings. The molecule has 1 aromatic heterocycles. The molecule has 0 N–H and O–H groups in total. The Morgan fingerprint density at radius 1 is 1.21 bits per heavy atom. The lowest BCUT2D eigenvalue weighted by atomic mass is 10.3. The normalized spacial score (nSPS) is 10.7. The van der Waals surface area contributed by atoms with Crippen LogP contribution in [-0.4, -0.2) is 30.1 Å². The quantitative estimate of drug-likeness (QED) is 0.816. The lowest BCUT2D eigenvalue weighted by molar-refractivity contribution is 0.231. The fourth-order valence-corrected chi connectivity index (χ4v) is 2.10. The van der Waals surface area contributed by atoms with Crippen LogP contribution in [0, 0.1) is 0 Å². The number of halogens is 1. The Morgan fingerprint density at radius 2 is 2.11 bits per heavy atom. The van der Waals surface area contributed by atoms with E-state index in [4.69, 9.17) is 4.74 Å². The molecule has 0 spiro atoms. The van der Waals surface area contributed by atoms with Crippen LogP contribution >= 0.6 is 15.9 Å². The first-order valence-corrected chi connectivity index (χ1v) is 7.00. The number of likely N-dealkylation sites (N-methyl/N-ethyl adjacent to an activating group) is 1. The van der Waals surface area contributed by atoms with E-state index in [1.165, 1.54) is 0 Å². The fraction of sp³-hybridized carbons (Fsp3) is 0.267. The first-order chi connectivity index (χ1) is 9.24. The summed E-state index contributed by atoms with van der Waals surface area (Å²) < 4.78 is 6.74. The van der Waals surface area contributed by atoms with Gasteiger partial charge in [-0.3, -0.25) is 9.88 Å². The third-order valence-corrected chi connectivity index (χ3v) is 3.19. The maximum absolute atomic E-state index is 5.70. The van der Waals surface area contributed by atoms with Gasteiger partial charge in [0.2, 0.25) is 0 Å². The van der Waals surface area contributed by atoms with Crippen LogP contribution in [0.15, 0.2) is 53.1 Å². The number of hydrogen-bond donors (Lipinski definition) is 0. The molecule has 0 aliphatic heterocycles. The predicted molar refractivity (Wildman–Crippen MR) is 80.2 cm³/mol. The van der Waals surface area contributed by atoms with Crippen LogP contribution in [0.4, 0.5) is 0 Å². The molecule has 0 fully saturated rings. The van der Waals surface area contributed by atoms with Crippen LogP contribution in [0.5, 0.6) is 5.75 Å². The van der Waals surface area contributed by atoms with E-state index in [-0.39, 0.29) is 0 Å². The van der Waals surface area contributed by atoms with E-state index in [0.29, 0.717) is 6.61 Å². The fourth-order valence-electron chi connectivity index (χ4n) is 1.72. The lowest BCUT2D eigenvalue weighted by Gasteiger charge is -2.16. The molecule has 1 heterocycles. The van der Waals surface area contributed by atoms with E-state index in [1.54, 1.807) is 0 Å². The van der Waals surface area contributed by atoms with Crippen molar-refractivity contribution in [2.45, 2.75) is 6.54 Å². The molecular formula is C15H17BrN2O. The van der Waals surface area contributed by atoms with E-state index in [0.717, 1.165) is 29.0 Å². The number of pyridine rings is 1. The van der Waals surface area contributed by atoms with Gasteiger partial charge in [0.15, 0.2) is 0 Å². The zero-order valence-corrected chi connectivity index (χ0v) is 12.5. The Labute approximate surface area is 122 Å². The summed E-state index contributed by atoms with van der Waals surface area (Å²) in [5.41, 5.74) is 1.08. The van der Waals surface area contributed by atoms with Gasteiger partial charge in [0.1, 0.15) is 12.4 Å². The zero-order valence-electron chi connectivity index (χ0n) is 10.9. The van der Waals surface area contributed by atoms with Gasteiger partial charge in [0.25, 0.3) is 0 Å². The monoisotopic (exact) mass is 320 g/mol. The highest BCUT2D eigenvalue weighted by atomic mass is 79.9. The van der Waals surface area contributed by atoms with Gasteiger partial charge >= 0.3 is 0 Å². The van der Waals surface area contributed by atoms with Crippen LogP contribution in [0.2, 0.25) is 0 Å². The second-order valence-electron chi connectivity index (χ2n) is 4.36. The topological polar surface area (TPSA) is 25.4 Å². The van der Waals surface area contributed by atoms with Crippen LogP contribution in [0.3, 0.4) is 0 Å². The molecule has 2 rings (SSSR count). The first kappa shape index (κ1) is 14.0.